The van der Waals surface area contributed by atoms with E-state index in [0.717, 1.165) is 39.3 Å². The Labute approximate surface area is 126 Å². The van der Waals surface area contributed by atoms with Crippen LogP contribution in [0.4, 0.5) is 0 Å². The Morgan fingerprint density at radius 2 is 1.95 bits per heavy atom. The van der Waals surface area contributed by atoms with Crippen LogP contribution >= 0.6 is 0 Å². The summed E-state index contributed by atoms with van der Waals surface area (Å²) in [6.45, 7) is 4.78. The minimum absolute atomic E-state index is 0.542. The van der Waals surface area contributed by atoms with Gasteiger partial charge in [-0.05, 0) is 29.5 Å². The fourth-order valence-electron chi connectivity index (χ4n) is 2.91. The van der Waals surface area contributed by atoms with Gasteiger partial charge < -0.3 is 4.74 Å². The van der Waals surface area contributed by atoms with Crippen molar-refractivity contribution in [2.24, 2.45) is 5.92 Å². The first kappa shape index (κ1) is 14.2. The van der Waals surface area contributed by atoms with Gasteiger partial charge in [0.05, 0.1) is 13.2 Å². The highest BCUT2D eigenvalue weighted by molar-refractivity contribution is 5.14. The number of aromatic nitrogens is 1. The standard InChI is InChI=1S/C18H22N2O/c1-2-5-16(6-3-1)13-20-9-10-21-15-18(14-20)11-17-7-4-8-19-12-17/h1-8,12,18H,9-11,13-15H2. The first-order chi connectivity index (χ1) is 10.4. The summed E-state index contributed by atoms with van der Waals surface area (Å²) in [6.07, 6.45) is 4.83. The number of pyridine rings is 1. The van der Waals surface area contributed by atoms with Crippen molar-refractivity contribution in [3.05, 3.63) is 66.0 Å². The van der Waals surface area contributed by atoms with Gasteiger partial charge in [0, 0.05) is 32.0 Å². The minimum atomic E-state index is 0.542. The summed E-state index contributed by atoms with van der Waals surface area (Å²) < 4.78 is 5.79. The molecule has 0 amide bonds. The molecule has 0 N–H and O–H groups in total. The number of ether oxygens (including phenoxy) is 1. The molecule has 1 aromatic carbocycles. The zero-order chi connectivity index (χ0) is 14.3. The number of rotatable bonds is 4. The summed E-state index contributed by atoms with van der Waals surface area (Å²) in [4.78, 5) is 6.71. The van der Waals surface area contributed by atoms with Gasteiger partial charge in [-0.3, -0.25) is 9.88 Å². The molecule has 1 unspecified atom stereocenters. The first-order valence-electron chi connectivity index (χ1n) is 7.63. The summed E-state index contributed by atoms with van der Waals surface area (Å²) in [5.41, 5.74) is 2.67. The van der Waals surface area contributed by atoms with Gasteiger partial charge in [0.1, 0.15) is 0 Å². The van der Waals surface area contributed by atoms with E-state index in [1.807, 2.05) is 18.5 Å². The SMILES string of the molecule is c1ccc(CN2CCOCC(Cc3cccnc3)C2)cc1. The van der Waals surface area contributed by atoms with E-state index in [4.69, 9.17) is 4.74 Å². The van der Waals surface area contributed by atoms with Crippen molar-refractivity contribution < 1.29 is 4.74 Å². The van der Waals surface area contributed by atoms with Crippen LogP contribution in [0.25, 0.3) is 0 Å². The zero-order valence-electron chi connectivity index (χ0n) is 12.3. The monoisotopic (exact) mass is 282 g/mol. The maximum atomic E-state index is 5.79. The maximum Gasteiger partial charge on any atom is 0.0593 e. The molecule has 1 saturated heterocycles. The Hall–Kier alpha value is -1.71. The molecule has 0 spiro atoms. The fourth-order valence-corrected chi connectivity index (χ4v) is 2.91. The average Bonchev–Trinajstić information content (AvgIpc) is 2.74. The molecule has 2 heterocycles. The van der Waals surface area contributed by atoms with Gasteiger partial charge in [-0.1, -0.05) is 36.4 Å². The highest BCUT2D eigenvalue weighted by atomic mass is 16.5. The van der Waals surface area contributed by atoms with Crippen molar-refractivity contribution in [2.75, 3.05) is 26.3 Å². The van der Waals surface area contributed by atoms with Gasteiger partial charge in [-0.25, -0.2) is 0 Å². The topological polar surface area (TPSA) is 25.4 Å². The molecule has 2 aromatic rings. The lowest BCUT2D eigenvalue weighted by Gasteiger charge is -2.23. The van der Waals surface area contributed by atoms with Crippen LogP contribution in [0.2, 0.25) is 0 Å². The van der Waals surface area contributed by atoms with Crippen LogP contribution in [0.3, 0.4) is 0 Å². The Kier molecular flexibility index (Phi) is 4.98. The number of hydrogen-bond acceptors (Lipinski definition) is 3. The van der Waals surface area contributed by atoms with Gasteiger partial charge in [0.2, 0.25) is 0 Å². The molecule has 0 radical (unpaired) electrons. The zero-order valence-corrected chi connectivity index (χ0v) is 12.3. The molecule has 1 atom stereocenters. The second-order valence-corrected chi connectivity index (χ2v) is 5.73. The van der Waals surface area contributed by atoms with Crippen molar-refractivity contribution in [1.82, 2.24) is 9.88 Å². The first-order valence-corrected chi connectivity index (χ1v) is 7.63. The van der Waals surface area contributed by atoms with Crippen molar-refractivity contribution in [2.45, 2.75) is 13.0 Å². The largest absolute Gasteiger partial charge is 0.380 e. The van der Waals surface area contributed by atoms with Crippen LogP contribution < -0.4 is 0 Å². The molecule has 1 fully saturated rings. The van der Waals surface area contributed by atoms with Crippen molar-refractivity contribution in [1.29, 1.82) is 0 Å². The Bertz CT molecular complexity index is 480. The maximum absolute atomic E-state index is 5.79. The Morgan fingerprint density at radius 1 is 1.10 bits per heavy atom. The van der Waals surface area contributed by atoms with E-state index < -0.39 is 0 Å². The Morgan fingerprint density at radius 3 is 2.76 bits per heavy atom. The van der Waals surface area contributed by atoms with Crippen LogP contribution in [-0.2, 0) is 17.7 Å². The molecule has 3 heteroatoms. The second kappa shape index (κ2) is 7.34. The highest BCUT2D eigenvalue weighted by Gasteiger charge is 2.19. The fraction of sp³-hybridized carbons (Fsp3) is 0.389. The van der Waals surface area contributed by atoms with Gasteiger partial charge in [-0.2, -0.15) is 0 Å². The lowest BCUT2D eigenvalue weighted by molar-refractivity contribution is 0.121. The molecule has 0 bridgehead atoms. The van der Waals surface area contributed by atoms with Crippen LogP contribution in [0.1, 0.15) is 11.1 Å². The van der Waals surface area contributed by atoms with Gasteiger partial charge in [0.25, 0.3) is 0 Å². The summed E-state index contributed by atoms with van der Waals surface area (Å²) in [5.74, 6) is 0.542. The lowest BCUT2D eigenvalue weighted by Crippen LogP contribution is -2.30. The van der Waals surface area contributed by atoms with Gasteiger partial charge >= 0.3 is 0 Å². The van der Waals surface area contributed by atoms with Crippen molar-refractivity contribution in [3.8, 4) is 0 Å². The molecular formula is C18H22N2O. The molecule has 3 nitrogen and oxygen atoms in total. The summed E-state index contributed by atoms with van der Waals surface area (Å²) >= 11 is 0. The van der Waals surface area contributed by atoms with Crippen LogP contribution in [-0.4, -0.2) is 36.2 Å². The number of hydrogen-bond donors (Lipinski definition) is 0. The molecule has 21 heavy (non-hydrogen) atoms. The average molecular weight is 282 g/mol. The van der Waals surface area contributed by atoms with Crippen molar-refractivity contribution >= 4 is 0 Å². The quantitative estimate of drug-likeness (QED) is 0.862. The van der Waals surface area contributed by atoms with Crippen molar-refractivity contribution in [3.63, 3.8) is 0 Å². The molecule has 1 aliphatic rings. The molecule has 1 aliphatic heterocycles. The van der Waals surface area contributed by atoms with Gasteiger partial charge in [-0.15, -0.1) is 0 Å². The van der Waals surface area contributed by atoms with E-state index in [1.165, 1.54) is 11.1 Å². The summed E-state index contributed by atoms with van der Waals surface area (Å²) in [5, 5.41) is 0. The van der Waals surface area contributed by atoms with E-state index in [0.29, 0.717) is 5.92 Å². The summed E-state index contributed by atoms with van der Waals surface area (Å²) in [7, 11) is 0. The number of benzene rings is 1. The van der Waals surface area contributed by atoms with Crippen LogP contribution in [0.15, 0.2) is 54.9 Å². The molecule has 1 aromatic heterocycles. The second-order valence-electron chi connectivity index (χ2n) is 5.73. The van der Waals surface area contributed by atoms with Crippen LogP contribution in [0.5, 0.6) is 0 Å². The molecule has 0 saturated carbocycles. The van der Waals surface area contributed by atoms with E-state index in [9.17, 15) is 0 Å². The lowest BCUT2D eigenvalue weighted by atomic mass is 10.0. The predicted octanol–water partition coefficient (Wildman–Crippen LogP) is 2.77. The molecule has 3 rings (SSSR count). The van der Waals surface area contributed by atoms with E-state index >= 15 is 0 Å². The molecule has 110 valence electrons. The molecule has 0 aliphatic carbocycles. The van der Waals surface area contributed by atoms with E-state index in [-0.39, 0.29) is 0 Å². The predicted molar refractivity (Wildman–Crippen MR) is 84.0 cm³/mol. The van der Waals surface area contributed by atoms with Crippen LogP contribution in [0, 0.1) is 5.92 Å². The van der Waals surface area contributed by atoms with Gasteiger partial charge in [0.15, 0.2) is 0 Å². The number of nitrogens with zero attached hydrogens (tertiary/aromatic N) is 2. The smallest absolute Gasteiger partial charge is 0.0593 e. The highest BCUT2D eigenvalue weighted by Crippen LogP contribution is 2.15. The molecular weight excluding hydrogens is 260 g/mol. The third kappa shape index (κ3) is 4.38. The van der Waals surface area contributed by atoms with E-state index in [1.54, 1.807) is 0 Å². The van der Waals surface area contributed by atoms with E-state index in [2.05, 4.69) is 46.3 Å². The third-order valence-corrected chi connectivity index (χ3v) is 3.92. The summed E-state index contributed by atoms with van der Waals surface area (Å²) in [6, 6.07) is 14.8. The third-order valence-electron chi connectivity index (χ3n) is 3.92. The minimum Gasteiger partial charge on any atom is -0.380 e. The Balaban J connectivity index is 1.61. The normalized spacial score (nSPS) is 20.1.